The molecule has 1 aliphatic heterocycles. The molecule has 1 unspecified atom stereocenters. The van der Waals surface area contributed by atoms with Gasteiger partial charge in [0.15, 0.2) is 5.89 Å². The van der Waals surface area contributed by atoms with Crippen molar-refractivity contribution in [3.05, 3.63) is 35.3 Å². The number of aromatic nitrogens is 3. The summed E-state index contributed by atoms with van der Waals surface area (Å²) < 4.78 is 6.99. The van der Waals surface area contributed by atoms with E-state index in [1.165, 1.54) is 4.68 Å². The molecule has 0 radical (unpaired) electrons. The second-order valence-electron chi connectivity index (χ2n) is 6.30. The number of rotatable bonds is 5. The van der Waals surface area contributed by atoms with Crippen LogP contribution in [0, 0.1) is 6.92 Å². The number of carbonyl (C=O) groups is 2. The molecule has 0 aromatic carbocycles. The quantitative estimate of drug-likeness (QED) is 0.886. The fourth-order valence-electron chi connectivity index (χ4n) is 3.17. The Bertz CT molecular complexity index is 779. The number of amides is 1. The fraction of sp³-hybridized carbons (Fsp3) is 0.529. The van der Waals surface area contributed by atoms with Crippen LogP contribution in [0.1, 0.15) is 53.5 Å². The van der Waals surface area contributed by atoms with Crippen LogP contribution in [0.4, 0.5) is 0 Å². The van der Waals surface area contributed by atoms with Crippen LogP contribution < -0.4 is 0 Å². The second-order valence-corrected chi connectivity index (χ2v) is 6.30. The van der Waals surface area contributed by atoms with Gasteiger partial charge in [0.2, 0.25) is 5.76 Å². The third kappa shape index (κ3) is 3.72. The highest BCUT2D eigenvalue weighted by atomic mass is 16.4. The van der Waals surface area contributed by atoms with Crippen molar-refractivity contribution < 1.29 is 19.1 Å². The molecule has 0 saturated carbocycles. The van der Waals surface area contributed by atoms with Crippen LogP contribution in [-0.2, 0) is 17.8 Å². The van der Waals surface area contributed by atoms with Crippen LogP contribution in [0.2, 0.25) is 0 Å². The largest absolute Gasteiger partial charge is 0.480 e. The maximum Gasteiger partial charge on any atom is 0.325 e. The van der Waals surface area contributed by atoms with Crippen molar-refractivity contribution in [3.63, 3.8) is 0 Å². The van der Waals surface area contributed by atoms with Gasteiger partial charge in [-0.1, -0.05) is 6.92 Å². The summed E-state index contributed by atoms with van der Waals surface area (Å²) in [5, 5.41) is 13.2. The van der Waals surface area contributed by atoms with E-state index < -0.39 is 5.97 Å². The third-order valence-corrected chi connectivity index (χ3v) is 4.42. The predicted octanol–water partition coefficient (Wildman–Crippen LogP) is 1.85. The molecular formula is C17H22N4O4. The molecule has 1 aliphatic rings. The van der Waals surface area contributed by atoms with E-state index in [0.717, 1.165) is 18.5 Å². The van der Waals surface area contributed by atoms with E-state index in [2.05, 4.69) is 10.1 Å². The third-order valence-electron chi connectivity index (χ3n) is 4.42. The number of likely N-dealkylation sites (tertiary alicyclic amines) is 1. The van der Waals surface area contributed by atoms with Crippen molar-refractivity contribution in [2.24, 2.45) is 0 Å². The number of piperidine rings is 1. The van der Waals surface area contributed by atoms with Gasteiger partial charge in [0.1, 0.15) is 6.54 Å². The van der Waals surface area contributed by atoms with Crippen LogP contribution in [0.25, 0.3) is 0 Å². The zero-order valence-electron chi connectivity index (χ0n) is 14.4. The zero-order chi connectivity index (χ0) is 18.0. The van der Waals surface area contributed by atoms with Crippen molar-refractivity contribution >= 4 is 11.9 Å². The number of carbonyl (C=O) groups excluding carboxylic acids is 1. The molecular weight excluding hydrogens is 324 g/mol. The molecule has 8 heteroatoms. The van der Waals surface area contributed by atoms with Gasteiger partial charge in [-0.3, -0.25) is 14.3 Å². The summed E-state index contributed by atoms with van der Waals surface area (Å²) in [6.07, 6.45) is 4.11. The number of carboxylic acid groups (broad SMARTS) is 1. The minimum atomic E-state index is -0.928. The molecule has 0 spiro atoms. The molecule has 2 aromatic heterocycles. The number of nitrogens with zero attached hydrogens (tertiary/aromatic N) is 4. The normalized spacial score (nSPS) is 17.7. The smallest absolute Gasteiger partial charge is 0.325 e. The summed E-state index contributed by atoms with van der Waals surface area (Å²) in [6, 6.07) is 1.83. The Labute approximate surface area is 145 Å². The lowest BCUT2D eigenvalue weighted by atomic mass is 9.95. The summed E-state index contributed by atoms with van der Waals surface area (Å²) >= 11 is 0. The van der Waals surface area contributed by atoms with Crippen LogP contribution in [0.3, 0.4) is 0 Å². The van der Waals surface area contributed by atoms with E-state index in [0.29, 0.717) is 36.9 Å². The number of aryl methyl sites for hydroxylation is 2. The summed E-state index contributed by atoms with van der Waals surface area (Å²) in [5.41, 5.74) is 1.44. The summed E-state index contributed by atoms with van der Waals surface area (Å²) in [4.78, 5) is 29.6. The molecule has 1 saturated heterocycles. The van der Waals surface area contributed by atoms with Gasteiger partial charge >= 0.3 is 5.97 Å². The molecule has 3 rings (SSSR count). The van der Waals surface area contributed by atoms with E-state index >= 15 is 0 Å². The summed E-state index contributed by atoms with van der Waals surface area (Å²) in [7, 11) is 0. The molecule has 3 heterocycles. The van der Waals surface area contributed by atoms with E-state index in [1.807, 2.05) is 13.0 Å². The molecule has 0 aliphatic carbocycles. The Balaban J connectivity index is 1.72. The van der Waals surface area contributed by atoms with E-state index in [9.17, 15) is 9.59 Å². The van der Waals surface area contributed by atoms with Crippen molar-refractivity contribution in [3.8, 4) is 0 Å². The Kier molecular flexibility index (Phi) is 4.87. The first-order valence-corrected chi connectivity index (χ1v) is 8.48. The first-order valence-electron chi connectivity index (χ1n) is 8.48. The molecule has 2 aromatic rings. The lowest BCUT2D eigenvalue weighted by molar-refractivity contribution is -0.137. The van der Waals surface area contributed by atoms with Crippen molar-refractivity contribution in [1.29, 1.82) is 0 Å². The van der Waals surface area contributed by atoms with Gasteiger partial charge < -0.3 is 14.4 Å². The maximum atomic E-state index is 12.8. The highest BCUT2D eigenvalue weighted by molar-refractivity contribution is 5.92. The molecule has 134 valence electrons. The number of aliphatic carboxylic acids is 1. The first kappa shape index (κ1) is 17.2. The highest BCUT2D eigenvalue weighted by Crippen LogP contribution is 2.27. The van der Waals surface area contributed by atoms with Crippen molar-refractivity contribution in [2.45, 2.75) is 45.6 Å². The zero-order valence-corrected chi connectivity index (χ0v) is 14.4. The van der Waals surface area contributed by atoms with E-state index in [-0.39, 0.29) is 18.4 Å². The van der Waals surface area contributed by atoms with Crippen LogP contribution in [-0.4, -0.2) is 49.7 Å². The molecule has 8 nitrogen and oxygen atoms in total. The Morgan fingerprint density at radius 3 is 2.92 bits per heavy atom. The minimum Gasteiger partial charge on any atom is -0.480 e. The Morgan fingerprint density at radius 1 is 1.44 bits per heavy atom. The average molecular weight is 346 g/mol. The van der Waals surface area contributed by atoms with Crippen molar-refractivity contribution in [2.75, 3.05) is 13.1 Å². The first-order chi connectivity index (χ1) is 12.0. The molecule has 25 heavy (non-hydrogen) atoms. The van der Waals surface area contributed by atoms with Crippen LogP contribution in [0.15, 0.2) is 16.7 Å². The van der Waals surface area contributed by atoms with Crippen LogP contribution >= 0.6 is 0 Å². The monoisotopic (exact) mass is 346 g/mol. The molecule has 1 amide bonds. The highest BCUT2D eigenvalue weighted by Gasteiger charge is 2.29. The SMILES string of the molecule is CCc1nc(C)c(C(=O)N2CCCC(c3ccn(CC(=O)O)n3)C2)o1. The lowest BCUT2D eigenvalue weighted by Gasteiger charge is -2.31. The van der Waals surface area contributed by atoms with E-state index in [1.54, 1.807) is 18.0 Å². The lowest BCUT2D eigenvalue weighted by Crippen LogP contribution is -2.39. The topological polar surface area (TPSA) is 101 Å². The molecule has 1 fully saturated rings. The Morgan fingerprint density at radius 2 is 2.24 bits per heavy atom. The predicted molar refractivity (Wildman–Crippen MR) is 88.4 cm³/mol. The van der Waals surface area contributed by atoms with Crippen molar-refractivity contribution in [1.82, 2.24) is 19.7 Å². The molecule has 1 atom stereocenters. The van der Waals surface area contributed by atoms with Gasteiger partial charge in [-0.05, 0) is 25.8 Å². The molecule has 0 bridgehead atoms. The number of hydrogen-bond donors (Lipinski definition) is 1. The second kappa shape index (κ2) is 7.08. The fourth-order valence-corrected chi connectivity index (χ4v) is 3.17. The number of hydrogen-bond acceptors (Lipinski definition) is 5. The Hall–Kier alpha value is -2.64. The minimum absolute atomic E-state index is 0.0987. The number of carboxylic acids is 1. The molecule has 1 N–H and O–H groups in total. The average Bonchev–Trinajstić information content (AvgIpc) is 3.20. The summed E-state index contributed by atoms with van der Waals surface area (Å²) in [5.74, 6) is -0.0839. The summed E-state index contributed by atoms with van der Waals surface area (Å²) in [6.45, 7) is 4.78. The van der Waals surface area contributed by atoms with Gasteiger partial charge in [-0.2, -0.15) is 5.10 Å². The van der Waals surface area contributed by atoms with Gasteiger partial charge in [0.05, 0.1) is 11.4 Å². The van der Waals surface area contributed by atoms with E-state index in [4.69, 9.17) is 9.52 Å². The maximum absolute atomic E-state index is 12.8. The number of oxazole rings is 1. The van der Waals surface area contributed by atoms with Gasteiger partial charge in [-0.25, -0.2) is 4.98 Å². The van der Waals surface area contributed by atoms with Gasteiger partial charge in [0.25, 0.3) is 5.91 Å². The van der Waals surface area contributed by atoms with Crippen LogP contribution in [0.5, 0.6) is 0 Å². The van der Waals surface area contributed by atoms with Gasteiger partial charge in [-0.15, -0.1) is 0 Å². The van der Waals surface area contributed by atoms with Gasteiger partial charge in [0, 0.05) is 31.6 Å². The standard InChI is InChI=1S/C17H22N4O4/c1-3-14-18-11(2)16(25-14)17(24)20-7-4-5-12(9-20)13-6-8-21(19-13)10-15(22)23/h6,8,12H,3-5,7,9-10H2,1-2H3,(H,22,23).